The van der Waals surface area contributed by atoms with Crippen LogP contribution in [0.3, 0.4) is 0 Å². The van der Waals surface area contributed by atoms with Crippen LogP contribution in [0.1, 0.15) is 0 Å². The Labute approximate surface area is 37.4 Å². The highest BCUT2D eigenvalue weighted by Crippen LogP contribution is 1.68. The molecule has 0 heterocycles. The Morgan fingerprint density at radius 1 is 1.00 bits per heavy atom. The molecular weight excluding hydrogens is 80.0 g/mol. The van der Waals surface area contributed by atoms with E-state index in [1.54, 1.807) is 14.2 Å². The lowest BCUT2D eigenvalue weighted by atomic mass is 11.0. The first-order valence-electron chi connectivity index (χ1n) is 1.62. The molecule has 36 valence electrons. The molecule has 0 aromatic rings. The summed E-state index contributed by atoms with van der Waals surface area (Å²) in [5.74, 6) is 0. The molecule has 0 aliphatic rings. The van der Waals surface area contributed by atoms with Gasteiger partial charge in [-0.25, -0.2) is 0 Å². The minimum atomic E-state index is 1.46. The molecule has 2 heteroatoms. The summed E-state index contributed by atoms with van der Waals surface area (Å²) in [7, 11) is 3.13. The van der Waals surface area contributed by atoms with Gasteiger partial charge in [0.25, 0.3) is 0 Å². The summed E-state index contributed by atoms with van der Waals surface area (Å²) in [6.45, 7) is 0. The summed E-state index contributed by atoms with van der Waals surface area (Å²) < 4.78 is 8.95. The van der Waals surface area contributed by atoms with Gasteiger partial charge in [-0.2, -0.15) is 0 Å². The predicted molar refractivity (Wildman–Crippen MR) is 23.2 cm³/mol. The number of hydrogen-bond acceptors (Lipinski definition) is 2. The second-order valence-electron chi connectivity index (χ2n) is 0.744. The van der Waals surface area contributed by atoms with E-state index in [1.165, 1.54) is 12.5 Å². The third-order valence-corrected chi connectivity index (χ3v) is 0.328. The SMILES string of the molecule is COC=COC. The summed E-state index contributed by atoms with van der Waals surface area (Å²) in [6.07, 6.45) is 2.92. The second kappa shape index (κ2) is 4.34. The fourth-order valence-electron chi connectivity index (χ4n) is 0.111. The first-order chi connectivity index (χ1) is 2.91. The van der Waals surface area contributed by atoms with Crippen molar-refractivity contribution in [1.29, 1.82) is 0 Å². The standard InChI is InChI=1S/C4H8O2/c1-5-3-4-6-2/h3-4H,1-2H3. The van der Waals surface area contributed by atoms with Gasteiger partial charge in [0.1, 0.15) is 12.5 Å². The van der Waals surface area contributed by atoms with Gasteiger partial charge in [0.05, 0.1) is 14.2 Å². The van der Waals surface area contributed by atoms with E-state index < -0.39 is 0 Å². The van der Waals surface area contributed by atoms with E-state index >= 15 is 0 Å². The quantitative estimate of drug-likeness (QED) is 0.464. The Morgan fingerprint density at radius 2 is 1.33 bits per heavy atom. The van der Waals surface area contributed by atoms with Crippen LogP contribution >= 0.6 is 0 Å². The zero-order valence-electron chi connectivity index (χ0n) is 3.97. The van der Waals surface area contributed by atoms with Crippen molar-refractivity contribution in [2.24, 2.45) is 0 Å². The molecule has 6 heavy (non-hydrogen) atoms. The molecule has 0 aliphatic carbocycles. The molecule has 0 aliphatic heterocycles. The van der Waals surface area contributed by atoms with Gasteiger partial charge in [-0.3, -0.25) is 0 Å². The summed E-state index contributed by atoms with van der Waals surface area (Å²) in [5.41, 5.74) is 0. The van der Waals surface area contributed by atoms with Gasteiger partial charge in [0.2, 0.25) is 0 Å². The van der Waals surface area contributed by atoms with E-state index in [0.717, 1.165) is 0 Å². The van der Waals surface area contributed by atoms with Gasteiger partial charge in [0, 0.05) is 0 Å². The maximum Gasteiger partial charge on any atom is 0.117 e. The zero-order chi connectivity index (χ0) is 4.83. The molecule has 0 amide bonds. The summed E-state index contributed by atoms with van der Waals surface area (Å²) >= 11 is 0. The van der Waals surface area contributed by atoms with Crippen molar-refractivity contribution in [2.45, 2.75) is 0 Å². The third kappa shape index (κ3) is 3.34. The van der Waals surface area contributed by atoms with Crippen LogP contribution in [0.2, 0.25) is 0 Å². The monoisotopic (exact) mass is 88.1 g/mol. The number of hydrogen-bond donors (Lipinski definition) is 0. The van der Waals surface area contributed by atoms with Gasteiger partial charge in [-0.15, -0.1) is 0 Å². The molecule has 0 rings (SSSR count). The lowest BCUT2D eigenvalue weighted by Crippen LogP contribution is -1.66. The number of methoxy groups -OCH3 is 2. The first-order valence-corrected chi connectivity index (χ1v) is 1.62. The topological polar surface area (TPSA) is 18.5 Å². The van der Waals surface area contributed by atoms with Crippen molar-refractivity contribution >= 4 is 0 Å². The number of rotatable bonds is 2. The Kier molecular flexibility index (Phi) is 3.86. The van der Waals surface area contributed by atoms with Crippen LogP contribution in [0.15, 0.2) is 12.5 Å². The van der Waals surface area contributed by atoms with E-state index in [-0.39, 0.29) is 0 Å². The first kappa shape index (κ1) is 5.34. The molecule has 0 N–H and O–H groups in total. The van der Waals surface area contributed by atoms with E-state index in [0.29, 0.717) is 0 Å². The molecule has 0 fully saturated rings. The van der Waals surface area contributed by atoms with Crippen molar-refractivity contribution in [3.8, 4) is 0 Å². The van der Waals surface area contributed by atoms with Crippen LogP contribution in [-0.2, 0) is 9.47 Å². The molecule has 2 nitrogen and oxygen atoms in total. The minimum absolute atomic E-state index is 1.46. The summed E-state index contributed by atoms with van der Waals surface area (Å²) in [5, 5.41) is 0. The Bertz CT molecular complexity index is 34.8. The van der Waals surface area contributed by atoms with Crippen molar-refractivity contribution in [1.82, 2.24) is 0 Å². The van der Waals surface area contributed by atoms with E-state index in [4.69, 9.17) is 0 Å². The van der Waals surface area contributed by atoms with Crippen LogP contribution in [0.5, 0.6) is 0 Å². The van der Waals surface area contributed by atoms with E-state index in [9.17, 15) is 0 Å². The maximum absolute atomic E-state index is 4.48. The Balaban J connectivity index is 2.73. The second-order valence-corrected chi connectivity index (χ2v) is 0.744. The van der Waals surface area contributed by atoms with Crippen LogP contribution in [-0.4, -0.2) is 14.2 Å². The van der Waals surface area contributed by atoms with Crippen LogP contribution in [0, 0.1) is 0 Å². The average molecular weight is 88.1 g/mol. The van der Waals surface area contributed by atoms with E-state index in [1.807, 2.05) is 0 Å². The smallest absolute Gasteiger partial charge is 0.117 e. The van der Waals surface area contributed by atoms with Crippen molar-refractivity contribution in [3.05, 3.63) is 12.5 Å². The maximum atomic E-state index is 4.48. The number of ether oxygens (including phenoxy) is 2. The zero-order valence-corrected chi connectivity index (χ0v) is 3.97. The molecule has 0 saturated carbocycles. The van der Waals surface area contributed by atoms with Crippen molar-refractivity contribution < 1.29 is 9.47 Å². The largest absolute Gasteiger partial charge is 0.501 e. The Morgan fingerprint density at radius 3 is 1.50 bits per heavy atom. The van der Waals surface area contributed by atoms with E-state index in [2.05, 4.69) is 9.47 Å². The third-order valence-electron chi connectivity index (χ3n) is 0.328. The highest BCUT2D eigenvalue weighted by Gasteiger charge is 1.55. The molecule has 0 radical (unpaired) electrons. The molecule has 0 spiro atoms. The fraction of sp³-hybridized carbons (Fsp3) is 0.500. The van der Waals surface area contributed by atoms with Crippen LogP contribution in [0.4, 0.5) is 0 Å². The van der Waals surface area contributed by atoms with Crippen molar-refractivity contribution in [3.63, 3.8) is 0 Å². The predicted octanol–water partition coefficient (Wildman–Crippen LogP) is 0.750. The highest BCUT2D eigenvalue weighted by atomic mass is 16.5. The Hall–Kier alpha value is -0.660. The van der Waals surface area contributed by atoms with Gasteiger partial charge >= 0.3 is 0 Å². The molecule has 0 bridgehead atoms. The average Bonchev–Trinajstić information content (AvgIpc) is 1.61. The normalized spacial score (nSPS) is 9.00. The highest BCUT2D eigenvalue weighted by molar-refractivity contribution is 4.56. The van der Waals surface area contributed by atoms with Gasteiger partial charge in [-0.05, 0) is 0 Å². The summed E-state index contributed by atoms with van der Waals surface area (Å²) in [6, 6.07) is 0. The fourth-order valence-corrected chi connectivity index (χ4v) is 0.111. The van der Waals surface area contributed by atoms with Crippen molar-refractivity contribution in [2.75, 3.05) is 14.2 Å². The van der Waals surface area contributed by atoms with Gasteiger partial charge in [0.15, 0.2) is 0 Å². The molecule has 0 atom stereocenters. The van der Waals surface area contributed by atoms with Gasteiger partial charge < -0.3 is 9.47 Å². The van der Waals surface area contributed by atoms with Gasteiger partial charge in [-0.1, -0.05) is 0 Å². The molecule has 0 saturated heterocycles. The lowest BCUT2D eigenvalue weighted by molar-refractivity contribution is 0.284. The molecular formula is C4H8O2. The summed E-state index contributed by atoms with van der Waals surface area (Å²) in [4.78, 5) is 0. The minimum Gasteiger partial charge on any atom is -0.501 e. The molecule has 0 aromatic carbocycles. The van der Waals surface area contributed by atoms with Crippen LogP contribution in [0.25, 0.3) is 0 Å². The molecule has 0 aromatic heterocycles. The lowest BCUT2D eigenvalue weighted by Gasteiger charge is -1.83. The molecule has 0 unspecified atom stereocenters. The van der Waals surface area contributed by atoms with Crippen LogP contribution < -0.4 is 0 Å².